The predicted molar refractivity (Wildman–Crippen MR) is 426 cm³/mol. The molecule has 0 nitrogen and oxygen atoms in total. The summed E-state index contributed by atoms with van der Waals surface area (Å²) in [6.07, 6.45) is 0. The van der Waals surface area contributed by atoms with Crippen LogP contribution in [-0.2, 0) is 0 Å². The lowest BCUT2D eigenvalue weighted by molar-refractivity contribution is 1.49. The molecule has 0 aliphatic carbocycles. The molecule has 0 saturated carbocycles. The molecule has 0 unspecified atom stereocenters. The second kappa shape index (κ2) is 27.6. The molecule has 0 fully saturated rings. The smallest absolute Gasteiger partial charge is 0.0119 e. The molecule has 0 saturated heterocycles. The van der Waals surface area contributed by atoms with Crippen LogP contribution >= 0.6 is 0 Å². The SMILES string of the molecule is Cc1ccc2cc3cccc(C)c3cc2c1.Cc1ccc2cc3cccc(C)c3cc2c1.Cc1ccc2cc3ccccc3c(C)c2c1.Cc1cccc2cc3cccc(C)c3cc12.Cc1cccc2cc3ccccc3c(C)c12.Cc1cccc2cc3ccccc3c(C)c12. The molecule has 18 rings (SSSR count). The zero-order valence-electron chi connectivity index (χ0n) is 57.7. The first-order chi connectivity index (χ1) is 46.5. The van der Waals surface area contributed by atoms with Crippen LogP contribution in [0.3, 0.4) is 0 Å². The molecule has 0 bridgehead atoms. The number of hydrogen-bond acceptors (Lipinski definition) is 0. The van der Waals surface area contributed by atoms with E-state index in [1.165, 1.54) is 196 Å². The van der Waals surface area contributed by atoms with Gasteiger partial charge in [-0.15, -0.1) is 0 Å². The zero-order valence-corrected chi connectivity index (χ0v) is 57.7. The molecule has 0 aliphatic rings. The molecule has 0 amide bonds. The Hall–Kier alpha value is -10.9. The van der Waals surface area contributed by atoms with Gasteiger partial charge in [-0.3, -0.25) is 0 Å². The van der Waals surface area contributed by atoms with E-state index in [9.17, 15) is 0 Å². The average molecular weight is 1240 g/mol. The van der Waals surface area contributed by atoms with E-state index in [0.717, 1.165) is 0 Å². The highest BCUT2D eigenvalue weighted by atomic mass is 14.1. The Balaban J connectivity index is 0.000000104. The van der Waals surface area contributed by atoms with Crippen molar-refractivity contribution in [2.75, 3.05) is 0 Å². The minimum absolute atomic E-state index is 1.32. The number of fused-ring (bicyclic) bond motifs is 12. The van der Waals surface area contributed by atoms with Crippen LogP contribution in [0.2, 0.25) is 0 Å². The Labute approximate surface area is 566 Å². The molecule has 18 aromatic carbocycles. The highest BCUT2D eigenvalue weighted by molar-refractivity contribution is 6.07. The fourth-order valence-electron chi connectivity index (χ4n) is 14.5. The highest BCUT2D eigenvalue weighted by Gasteiger charge is 2.09. The summed E-state index contributed by atoms with van der Waals surface area (Å²) in [6, 6.07) is 105. The van der Waals surface area contributed by atoms with Crippen molar-refractivity contribution < 1.29 is 0 Å². The lowest BCUT2D eigenvalue weighted by Gasteiger charge is -2.09. The second-order valence-corrected chi connectivity index (χ2v) is 26.7. The molecule has 0 aliphatic heterocycles. The fourth-order valence-corrected chi connectivity index (χ4v) is 14.5. The van der Waals surface area contributed by atoms with Gasteiger partial charge in [0.15, 0.2) is 0 Å². The minimum Gasteiger partial charge on any atom is -0.0616 e. The van der Waals surface area contributed by atoms with Gasteiger partial charge in [0.2, 0.25) is 0 Å². The van der Waals surface area contributed by atoms with Crippen LogP contribution in [-0.4, -0.2) is 0 Å². The minimum atomic E-state index is 1.32. The van der Waals surface area contributed by atoms with Crippen molar-refractivity contribution in [2.45, 2.75) is 83.1 Å². The van der Waals surface area contributed by atoms with Crippen LogP contribution in [0.15, 0.2) is 291 Å². The average Bonchev–Trinajstić information content (AvgIpc) is 0.809. The number of aryl methyl sites for hydroxylation is 12. The summed E-state index contributed by atoms with van der Waals surface area (Å²) in [5, 5.41) is 32.4. The molecule has 0 atom stereocenters. The molecule has 0 aromatic heterocycles. The van der Waals surface area contributed by atoms with E-state index in [-0.39, 0.29) is 0 Å². The van der Waals surface area contributed by atoms with Gasteiger partial charge in [-0.2, -0.15) is 0 Å². The third-order valence-corrected chi connectivity index (χ3v) is 19.7. The molecule has 0 N–H and O–H groups in total. The van der Waals surface area contributed by atoms with Gasteiger partial charge in [-0.1, -0.05) is 253 Å². The van der Waals surface area contributed by atoms with E-state index in [4.69, 9.17) is 0 Å². The van der Waals surface area contributed by atoms with E-state index in [2.05, 4.69) is 374 Å². The Morgan fingerprint density at radius 3 is 0.781 bits per heavy atom. The molecule has 468 valence electrons. The van der Waals surface area contributed by atoms with Crippen LogP contribution in [0.5, 0.6) is 0 Å². The maximum absolute atomic E-state index is 2.31. The van der Waals surface area contributed by atoms with E-state index < -0.39 is 0 Å². The first-order valence-electron chi connectivity index (χ1n) is 33.9. The summed E-state index contributed by atoms with van der Waals surface area (Å²) < 4.78 is 0. The van der Waals surface area contributed by atoms with Crippen LogP contribution in [0, 0.1) is 83.1 Å². The predicted octanol–water partition coefficient (Wildman–Crippen LogP) is 27.7. The van der Waals surface area contributed by atoms with Crippen molar-refractivity contribution >= 4 is 129 Å². The summed E-state index contributed by atoms with van der Waals surface area (Å²) in [4.78, 5) is 0. The molecule has 18 aromatic rings. The molecule has 0 heterocycles. The first kappa shape index (κ1) is 63.8. The first-order valence-corrected chi connectivity index (χ1v) is 33.9. The van der Waals surface area contributed by atoms with Crippen LogP contribution < -0.4 is 0 Å². The van der Waals surface area contributed by atoms with E-state index in [1.807, 2.05) is 0 Å². The van der Waals surface area contributed by atoms with Gasteiger partial charge in [-0.25, -0.2) is 0 Å². The summed E-state index contributed by atoms with van der Waals surface area (Å²) >= 11 is 0. The van der Waals surface area contributed by atoms with Crippen LogP contribution in [0.4, 0.5) is 0 Å². The van der Waals surface area contributed by atoms with E-state index in [1.54, 1.807) is 0 Å². The van der Waals surface area contributed by atoms with E-state index in [0.29, 0.717) is 0 Å². The molecule has 0 radical (unpaired) electrons. The Kier molecular flexibility index (Phi) is 18.3. The fraction of sp³-hybridized carbons (Fsp3) is 0.125. The van der Waals surface area contributed by atoms with Crippen molar-refractivity contribution in [2.24, 2.45) is 0 Å². The Morgan fingerprint density at radius 1 is 0.135 bits per heavy atom. The molecule has 0 heteroatoms. The van der Waals surface area contributed by atoms with Gasteiger partial charge in [-0.05, 0) is 317 Å². The maximum Gasteiger partial charge on any atom is -0.0119 e. The maximum atomic E-state index is 2.31. The van der Waals surface area contributed by atoms with Crippen molar-refractivity contribution in [1.82, 2.24) is 0 Å². The van der Waals surface area contributed by atoms with Crippen LogP contribution in [0.1, 0.15) is 66.8 Å². The van der Waals surface area contributed by atoms with Crippen molar-refractivity contribution in [1.29, 1.82) is 0 Å². The zero-order chi connectivity index (χ0) is 66.7. The van der Waals surface area contributed by atoms with Crippen LogP contribution in [0.25, 0.3) is 129 Å². The molecular formula is C96H84. The standard InChI is InChI=1S/6C16H14/c1-11-5-3-7-13-9-14-8-4-6-12(2)16(14)10-15(11)13;2*1-11-6-5-8-14-10-13-7-3-4-9-15(13)12(2)16(11)14;2*1-11-6-7-13-9-14-5-3-4-12(2)16(14)10-15(13)8-11;1-11-7-8-14-10-13-5-3-4-6-15(13)12(2)16(14)9-11/h6*3-10H,1-2H3. The van der Waals surface area contributed by atoms with Gasteiger partial charge >= 0.3 is 0 Å². The Bertz CT molecular complexity index is 5620. The number of rotatable bonds is 0. The van der Waals surface area contributed by atoms with Crippen molar-refractivity contribution in [3.8, 4) is 0 Å². The molecule has 96 heavy (non-hydrogen) atoms. The lowest BCUT2D eigenvalue weighted by Crippen LogP contribution is -1.85. The molecule has 0 spiro atoms. The third-order valence-electron chi connectivity index (χ3n) is 19.7. The normalized spacial score (nSPS) is 11.1. The van der Waals surface area contributed by atoms with E-state index >= 15 is 0 Å². The Morgan fingerprint density at radius 2 is 0.396 bits per heavy atom. The van der Waals surface area contributed by atoms with Gasteiger partial charge in [0.1, 0.15) is 0 Å². The largest absolute Gasteiger partial charge is 0.0616 e. The van der Waals surface area contributed by atoms with Crippen molar-refractivity contribution in [3.63, 3.8) is 0 Å². The summed E-state index contributed by atoms with van der Waals surface area (Å²) in [5.41, 5.74) is 16.3. The third kappa shape index (κ3) is 13.3. The second-order valence-electron chi connectivity index (χ2n) is 26.7. The quantitative estimate of drug-likeness (QED) is 0.133. The summed E-state index contributed by atoms with van der Waals surface area (Å²) in [7, 11) is 0. The van der Waals surface area contributed by atoms with Gasteiger partial charge in [0, 0.05) is 0 Å². The number of hydrogen-bond donors (Lipinski definition) is 0. The molecular weight excluding hydrogens is 1150 g/mol. The lowest BCUT2D eigenvalue weighted by atomic mass is 9.95. The topological polar surface area (TPSA) is 0 Å². The monoisotopic (exact) mass is 1240 g/mol. The summed E-state index contributed by atoms with van der Waals surface area (Å²) in [6.45, 7) is 26.1. The van der Waals surface area contributed by atoms with Gasteiger partial charge < -0.3 is 0 Å². The van der Waals surface area contributed by atoms with Crippen molar-refractivity contribution in [3.05, 3.63) is 358 Å². The highest BCUT2D eigenvalue weighted by Crippen LogP contribution is 2.34. The summed E-state index contributed by atoms with van der Waals surface area (Å²) in [5.74, 6) is 0. The van der Waals surface area contributed by atoms with Gasteiger partial charge in [0.05, 0.1) is 0 Å². The number of benzene rings is 18. The van der Waals surface area contributed by atoms with Gasteiger partial charge in [0.25, 0.3) is 0 Å².